The fourth-order valence-corrected chi connectivity index (χ4v) is 2.11. The van der Waals surface area contributed by atoms with Crippen LogP contribution in [-0.4, -0.2) is 60.9 Å². The molecule has 106 valence electrons. The van der Waals surface area contributed by atoms with Gasteiger partial charge in [0.05, 0.1) is 0 Å². The highest BCUT2D eigenvalue weighted by atomic mass is 16.5. The van der Waals surface area contributed by atoms with Crippen LogP contribution in [0.1, 0.15) is 12.8 Å². The van der Waals surface area contributed by atoms with E-state index in [1.807, 2.05) is 0 Å². The van der Waals surface area contributed by atoms with E-state index in [0.717, 1.165) is 19.6 Å². The molecule has 1 fully saturated rings. The number of likely N-dealkylation sites (tertiary alicyclic amines) is 1. The zero-order valence-corrected chi connectivity index (χ0v) is 11.0. The zero-order valence-electron chi connectivity index (χ0n) is 11.0. The van der Waals surface area contributed by atoms with Gasteiger partial charge in [0, 0.05) is 6.54 Å². The van der Waals surface area contributed by atoms with Gasteiger partial charge in [0.25, 0.3) is 5.95 Å². The molecule has 1 aliphatic heterocycles. The van der Waals surface area contributed by atoms with Crippen molar-refractivity contribution in [1.29, 1.82) is 0 Å². The summed E-state index contributed by atoms with van der Waals surface area (Å²) in [6.45, 7) is 3.66. The first-order valence-corrected chi connectivity index (χ1v) is 6.53. The second-order valence-electron chi connectivity index (χ2n) is 4.51. The van der Waals surface area contributed by atoms with E-state index < -0.39 is 0 Å². The van der Waals surface area contributed by atoms with Crippen LogP contribution in [0.2, 0.25) is 0 Å². The molecule has 1 aliphatic rings. The number of nitrogens with two attached hydrogens (primary N) is 1. The number of rotatable bonds is 5. The van der Waals surface area contributed by atoms with Crippen molar-refractivity contribution in [2.45, 2.75) is 12.8 Å². The zero-order chi connectivity index (χ0) is 13.8. The summed E-state index contributed by atoms with van der Waals surface area (Å²) in [6, 6.07) is 0.210. The molecule has 9 heteroatoms. The minimum absolute atomic E-state index is 0.0988. The molecule has 0 radical (unpaired) electrons. The van der Waals surface area contributed by atoms with Crippen molar-refractivity contribution >= 4 is 5.95 Å². The van der Waals surface area contributed by atoms with E-state index in [0.29, 0.717) is 12.6 Å². The molecule has 3 rings (SSSR count). The van der Waals surface area contributed by atoms with Gasteiger partial charge in [-0.1, -0.05) is 0 Å². The van der Waals surface area contributed by atoms with Gasteiger partial charge in [-0.2, -0.15) is 24.7 Å². The minimum Gasteiger partial charge on any atom is -0.462 e. The smallest absolute Gasteiger partial charge is 0.323 e. The van der Waals surface area contributed by atoms with Crippen LogP contribution in [-0.2, 0) is 0 Å². The Balaban J connectivity index is 1.63. The van der Waals surface area contributed by atoms with Crippen LogP contribution in [0.15, 0.2) is 12.7 Å². The van der Waals surface area contributed by atoms with Crippen molar-refractivity contribution in [2.24, 2.45) is 0 Å². The average molecular weight is 276 g/mol. The maximum absolute atomic E-state index is 5.65. The lowest BCUT2D eigenvalue weighted by Gasteiger charge is -2.14. The van der Waals surface area contributed by atoms with Crippen LogP contribution < -0.4 is 10.5 Å². The van der Waals surface area contributed by atoms with E-state index in [1.165, 1.54) is 30.2 Å². The molecule has 0 aliphatic carbocycles. The molecule has 0 amide bonds. The van der Waals surface area contributed by atoms with E-state index in [9.17, 15) is 0 Å². The number of anilines is 1. The van der Waals surface area contributed by atoms with E-state index in [4.69, 9.17) is 10.5 Å². The lowest BCUT2D eigenvalue weighted by molar-refractivity contribution is 0.225. The third-order valence-corrected chi connectivity index (χ3v) is 3.08. The first-order chi connectivity index (χ1) is 9.81. The maximum Gasteiger partial charge on any atom is 0.323 e. The molecule has 0 aromatic carbocycles. The van der Waals surface area contributed by atoms with E-state index in [2.05, 4.69) is 29.9 Å². The Morgan fingerprint density at radius 2 is 2.05 bits per heavy atom. The van der Waals surface area contributed by atoms with Gasteiger partial charge in [0.1, 0.15) is 19.3 Å². The number of nitrogen functional groups attached to an aromatic ring is 1. The summed E-state index contributed by atoms with van der Waals surface area (Å²) in [4.78, 5) is 18.3. The Morgan fingerprint density at radius 1 is 1.20 bits per heavy atom. The second-order valence-corrected chi connectivity index (χ2v) is 4.51. The summed E-state index contributed by atoms with van der Waals surface area (Å²) in [5.41, 5.74) is 5.65. The predicted molar refractivity (Wildman–Crippen MR) is 70.3 cm³/mol. The van der Waals surface area contributed by atoms with Crippen LogP contribution in [0.4, 0.5) is 5.95 Å². The molecular weight excluding hydrogens is 260 g/mol. The van der Waals surface area contributed by atoms with E-state index >= 15 is 0 Å². The normalized spacial score (nSPS) is 15.6. The van der Waals surface area contributed by atoms with E-state index in [1.54, 1.807) is 0 Å². The molecule has 1 saturated heterocycles. The first kappa shape index (κ1) is 12.7. The number of hydrogen-bond donors (Lipinski definition) is 1. The SMILES string of the molecule is Nc1nc(OCCN2CCCC2)nc(-n2cncn2)n1. The van der Waals surface area contributed by atoms with Crippen LogP contribution in [0, 0.1) is 0 Å². The maximum atomic E-state index is 5.65. The molecule has 3 heterocycles. The molecule has 9 nitrogen and oxygen atoms in total. The van der Waals surface area contributed by atoms with Gasteiger partial charge >= 0.3 is 6.01 Å². The van der Waals surface area contributed by atoms with Crippen LogP contribution >= 0.6 is 0 Å². The third kappa shape index (κ3) is 2.99. The standard InChI is InChI=1S/C11H16N8O/c12-9-15-10(19-8-13-7-14-19)17-11(16-9)20-6-5-18-3-1-2-4-18/h7-8H,1-6H2,(H2,12,15,16,17). The third-order valence-electron chi connectivity index (χ3n) is 3.08. The molecule has 0 unspecified atom stereocenters. The molecule has 0 bridgehead atoms. The van der Waals surface area contributed by atoms with Gasteiger partial charge in [-0.15, -0.1) is 0 Å². The number of nitrogens with zero attached hydrogens (tertiary/aromatic N) is 7. The molecule has 0 spiro atoms. The molecule has 0 atom stereocenters. The summed E-state index contributed by atoms with van der Waals surface area (Å²) >= 11 is 0. The van der Waals surface area contributed by atoms with Crippen molar-refractivity contribution in [3.05, 3.63) is 12.7 Å². The van der Waals surface area contributed by atoms with Gasteiger partial charge < -0.3 is 10.5 Å². The highest BCUT2D eigenvalue weighted by molar-refractivity contribution is 5.23. The van der Waals surface area contributed by atoms with Crippen molar-refractivity contribution in [3.63, 3.8) is 0 Å². The number of ether oxygens (including phenoxy) is 1. The van der Waals surface area contributed by atoms with Crippen molar-refractivity contribution < 1.29 is 4.74 Å². The Bertz CT molecular complexity index is 552. The summed E-state index contributed by atoms with van der Waals surface area (Å²) < 4.78 is 6.95. The summed E-state index contributed by atoms with van der Waals surface area (Å²) in [5.74, 6) is 0.396. The van der Waals surface area contributed by atoms with Gasteiger partial charge in [0.15, 0.2) is 0 Å². The van der Waals surface area contributed by atoms with Gasteiger partial charge in [-0.05, 0) is 25.9 Å². The average Bonchev–Trinajstić information content (AvgIpc) is 3.11. The molecular formula is C11H16N8O. The summed E-state index contributed by atoms with van der Waals surface area (Å²) in [6.07, 6.45) is 5.40. The summed E-state index contributed by atoms with van der Waals surface area (Å²) in [7, 11) is 0. The number of aromatic nitrogens is 6. The molecule has 2 N–H and O–H groups in total. The van der Waals surface area contributed by atoms with Gasteiger partial charge in [-0.25, -0.2) is 4.98 Å². The fourth-order valence-electron chi connectivity index (χ4n) is 2.11. The van der Waals surface area contributed by atoms with Crippen molar-refractivity contribution in [3.8, 4) is 12.0 Å². The quantitative estimate of drug-likeness (QED) is 0.779. The van der Waals surface area contributed by atoms with Crippen LogP contribution in [0.5, 0.6) is 6.01 Å². The highest BCUT2D eigenvalue weighted by Gasteiger charge is 2.12. The Kier molecular flexibility index (Phi) is 3.68. The minimum atomic E-state index is 0.0988. The number of hydrogen-bond acceptors (Lipinski definition) is 8. The lowest BCUT2D eigenvalue weighted by atomic mass is 10.4. The molecule has 2 aromatic heterocycles. The van der Waals surface area contributed by atoms with Gasteiger partial charge in [0.2, 0.25) is 5.95 Å². The molecule has 2 aromatic rings. The fraction of sp³-hybridized carbons (Fsp3) is 0.545. The lowest BCUT2D eigenvalue weighted by Crippen LogP contribution is -2.25. The summed E-state index contributed by atoms with van der Waals surface area (Å²) in [5, 5.41) is 3.95. The largest absolute Gasteiger partial charge is 0.462 e. The first-order valence-electron chi connectivity index (χ1n) is 6.53. The van der Waals surface area contributed by atoms with Gasteiger partial charge in [-0.3, -0.25) is 4.90 Å². The van der Waals surface area contributed by atoms with Crippen molar-refractivity contribution in [2.75, 3.05) is 32.0 Å². The highest BCUT2D eigenvalue weighted by Crippen LogP contribution is 2.09. The molecule has 20 heavy (non-hydrogen) atoms. The molecule has 0 saturated carbocycles. The van der Waals surface area contributed by atoms with E-state index in [-0.39, 0.29) is 12.0 Å². The van der Waals surface area contributed by atoms with Crippen LogP contribution in [0.25, 0.3) is 5.95 Å². The Morgan fingerprint density at radius 3 is 2.80 bits per heavy atom. The monoisotopic (exact) mass is 276 g/mol. The van der Waals surface area contributed by atoms with Crippen molar-refractivity contribution in [1.82, 2.24) is 34.6 Å². The Hall–Kier alpha value is -2.29. The topological polar surface area (TPSA) is 108 Å². The Labute approximate surface area is 115 Å². The predicted octanol–water partition coefficient (Wildman–Crippen LogP) is -0.491. The van der Waals surface area contributed by atoms with Crippen LogP contribution in [0.3, 0.4) is 0 Å². The second kappa shape index (κ2) is 5.78.